The van der Waals surface area contributed by atoms with Gasteiger partial charge in [0.25, 0.3) is 5.91 Å². The molecule has 0 saturated heterocycles. The minimum absolute atomic E-state index is 0.0670. The van der Waals surface area contributed by atoms with Crippen molar-refractivity contribution in [2.24, 2.45) is 0 Å². The lowest BCUT2D eigenvalue weighted by Crippen LogP contribution is -2.30. The van der Waals surface area contributed by atoms with Crippen molar-refractivity contribution < 1.29 is 28.6 Å². The summed E-state index contributed by atoms with van der Waals surface area (Å²) in [5.74, 6) is -0.579. The molecule has 1 aliphatic heterocycles. The summed E-state index contributed by atoms with van der Waals surface area (Å²) in [6, 6.07) is 9.18. The monoisotopic (exact) mass is 425 g/mol. The van der Waals surface area contributed by atoms with E-state index in [1.54, 1.807) is 13.0 Å². The summed E-state index contributed by atoms with van der Waals surface area (Å²) in [5, 5.41) is 2.69. The largest absolute Gasteiger partial charge is 0.482 e. The third-order valence-electron chi connectivity index (χ3n) is 4.96. The van der Waals surface area contributed by atoms with Gasteiger partial charge in [0.15, 0.2) is 0 Å². The van der Waals surface area contributed by atoms with Crippen LogP contribution in [-0.2, 0) is 19.9 Å². The van der Waals surface area contributed by atoms with Crippen molar-refractivity contribution in [2.45, 2.75) is 46.6 Å². The van der Waals surface area contributed by atoms with Crippen LogP contribution in [0.2, 0.25) is 0 Å². The Labute approximate surface area is 181 Å². The molecule has 0 fully saturated rings. The molecular weight excluding hydrogens is 398 g/mol. The highest BCUT2D eigenvalue weighted by atomic mass is 16.5. The van der Waals surface area contributed by atoms with Gasteiger partial charge in [0.1, 0.15) is 17.1 Å². The predicted molar refractivity (Wildman–Crippen MR) is 115 cm³/mol. The molecule has 164 valence electrons. The molecule has 0 atom stereocenters. The summed E-state index contributed by atoms with van der Waals surface area (Å²) < 4.78 is 16.6. The number of carbonyl (C=O) groups is 3. The van der Waals surface area contributed by atoms with E-state index in [4.69, 9.17) is 14.2 Å². The van der Waals surface area contributed by atoms with Crippen molar-refractivity contribution in [2.75, 3.05) is 13.2 Å². The number of nitrogens with one attached hydrogen (secondary N) is 1. The molecule has 31 heavy (non-hydrogen) atoms. The van der Waals surface area contributed by atoms with E-state index in [9.17, 15) is 14.4 Å². The SMILES string of the molecule is CCOC(=O)CCNC(=O)c1cc(OC(C)=O)c2c(c1)OC(C)(C)c1ccc(C)cc1-2. The van der Waals surface area contributed by atoms with Crippen molar-refractivity contribution in [3.63, 3.8) is 0 Å². The first-order chi connectivity index (χ1) is 14.6. The molecule has 2 aromatic rings. The zero-order valence-corrected chi connectivity index (χ0v) is 18.5. The number of hydrogen-bond acceptors (Lipinski definition) is 6. The van der Waals surface area contributed by atoms with Crippen LogP contribution in [-0.4, -0.2) is 31.0 Å². The standard InChI is InChI=1S/C24H27NO6/c1-6-29-21(27)9-10-25-23(28)16-12-19(30-15(3)26)22-17-11-14(2)7-8-18(17)24(4,5)31-20(22)13-16/h7-8,11-13H,6,9-10H2,1-5H3,(H,25,28). The van der Waals surface area contributed by atoms with Crippen LogP contribution in [0, 0.1) is 6.92 Å². The van der Waals surface area contributed by atoms with Gasteiger partial charge in [-0.15, -0.1) is 0 Å². The summed E-state index contributed by atoms with van der Waals surface area (Å²) >= 11 is 0. The van der Waals surface area contributed by atoms with Gasteiger partial charge in [0.2, 0.25) is 0 Å². The highest BCUT2D eigenvalue weighted by Crippen LogP contribution is 2.50. The smallest absolute Gasteiger partial charge is 0.308 e. The third kappa shape index (κ3) is 4.87. The molecule has 0 radical (unpaired) electrons. The quantitative estimate of drug-likeness (QED) is 0.558. The van der Waals surface area contributed by atoms with E-state index in [0.29, 0.717) is 11.3 Å². The molecule has 1 N–H and O–H groups in total. The topological polar surface area (TPSA) is 90.9 Å². The second-order valence-corrected chi connectivity index (χ2v) is 7.91. The summed E-state index contributed by atoms with van der Waals surface area (Å²) in [6.45, 7) is 9.33. The second-order valence-electron chi connectivity index (χ2n) is 7.91. The number of hydrogen-bond donors (Lipinski definition) is 1. The predicted octanol–water partition coefficient (Wildman–Crippen LogP) is 3.90. The molecule has 0 aromatic heterocycles. The number of aryl methyl sites for hydroxylation is 1. The number of benzene rings is 2. The summed E-state index contributed by atoms with van der Waals surface area (Å²) in [7, 11) is 0. The molecule has 0 unspecified atom stereocenters. The Kier molecular flexibility index (Phi) is 6.34. The van der Waals surface area contributed by atoms with Crippen LogP contribution >= 0.6 is 0 Å². The van der Waals surface area contributed by atoms with Crippen LogP contribution in [0.5, 0.6) is 11.5 Å². The van der Waals surface area contributed by atoms with Crippen LogP contribution < -0.4 is 14.8 Å². The van der Waals surface area contributed by atoms with Crippen LogP contribution in [0.1, 0.15) is 55.6 Å². The first kappa shape index (κ1) is 22.3. The minimum atomic E-state index is -0.636. The molecule has 7 heteroatoms. The molecular formula is C24H27NO6. The maximum atomic E-state index is 12.7. The minimum Gasteiger partial charge on any atom is -0.482 e. The van der Waals surface area contributed by atoms with Crippen LogP contribution in [0.3, 0.4) is 0 Å². The fraction of sp³-hybridized carbons (Fsp3) is 0.375. The van der Waals surface area contributed by atoms with Gasteiger partial charge in [0.05, 0.1) is 18.6 Å². The van der Waals surface area contributed by atoms with E-state index in [1.165, 1.54) is 13.0 Å². The second kappa shape index (κ2) is 8.79. The van der Waals surface area contributed by atoms with Gasteiger partial charge in [-0.2, -0.15) is 0 Å². The fourth-order valence-electron chi connectivity index (χ4n) is 3.64. The summed E-state index contributed by atoms with van der Waals surface area (Å²) in [5.41, 5.74) is 3.18. The van der Waals surface area contributed by atoms with E-state index < -0.39 is 17.5 Å². The van der Waals surface area contributed by atoms with Gasteiger partial charge >= 0.3 is 11.9 Å². The van der Waals surface area contributed by atoms with Crippen molar-refractivity contribution in [1.82, 2.24) is 5.32 Å². The zero-order valence-electron chi connectivity index (χ0n) is 18.5. The molecule has 0 saturated carbocycles. The van der Waals surface area contributed by atoms with Gasteiger partial charge in [-0.25, -0.2) is 0 Å². The number of carbonyl (C=O) groups excluding carboxylic acids is 3. The summed E-state index contributed by atoms with van der Waals surface area (Å²) in [4.78, 5) is 36.0. The molecule has 0 bridgehead atoms. The van der Waals surface area contributed by atoms with Crippen molar-refractivity contribution >= 4 is 17.8 Å². The molecule has 0 spiro atoms. The maximum absolute atomic E-state index is 12.7. The van der Waals surface area contributed by atoms with E-state index in [1.807, 2.05) is 39.0 Å². The number of rotatable bonds is 6. The van der Waals surface area contributed by atoms with Gasteiger partial charge < -0.3 is 19.5 Å². The first-order valence-corrected chi connectivity index (χ1v) is 10.2. The number of ether oxygens (including phenoxy) is 3. The molecule has 2 aromatic carbocycles. The lowest BCUT2D eigenvalue weighted by Gasteiger charge is -2.36. The first-order valence-electron chi connectivity index (χ1n) is 10.2. The molecule has 0 aliphatic carbocycles. The number of fused-ring (bicyclic) bond motifs is 3. The molecule has 1 aliphatic rings. The third-order valence-corrected chi connectivity index (χ3v) is 4.96. The molecule has 1 heterocycles. The van der Waals surface area contributed by atoms with Crippen LogP contribution in [0.4, 0.5) is 0 Å². The van der Waals surface area contributed by atoms with E-state index in [2.05, 4.69) is 5.32 Å². The van der Waals surface area contributed by atoms with Crippen molar-refractivity contribution in [3.8, 4) is 22.6 Å². The highest BCUT2D eigenvalue weighted by molar-refractivity contribution is 5.98. The Bertz CT molecular complexity index is 1040. The average molecular weight is 425 g/mol. The fourth-order valence-corrected chi connectivity index (χ4v) is 3.64. The number of esters is 2. The molecule has 1 amide bonds. The Hall–Kier alpha value is -3.35. The number of amides is 1. The lowest BCUT2D eigenvalue weighted by molar-refractivity contribution is -0.143. The Morgan fingerprint density at radius 3 is 2.55 bits per heavy atom. The van der Waals surface area contributed by atoms with Gasteiger partial charge in [0, 0.05) is 24.6 Å². The van der Waals surface area contributed by atoms with Gasteiger partial charge in [-0.3, -0.25) is 14.4 Å². The lowest BCUT2D eigenvalue weighted by atomic mass is 9.84. The Morgan fingerprint density at radius 2 is 1.87 bits per heavy atom. The average Bonchev–Trinajstić information content (AvgIpc) is 2.66. The molecule has 7 nitrogen and oxygen atoms in total. The van der Waals surface area contributed by atoms with E-state index in [0.717, 1.165) is 16.7 Å². The zero-order chi connectivity index (χ0) is 22.8. The van der Waals surface area contributed by atoms with E-state index >= 15 is 0 Å². The highest BCUT2D eigenvalue weighted by Gasteiger charge is 2.35. The Balaban J connectivity index is 2.00. The van der Waals surface area contributed by atoms with Gasteiger partial charge in [-0.1, -0.05) is 23.8 Å². The van der Waals surface area contributed by atoms with E-state index in [-0.39, 0.29) is 36.9 Å². The normalized spacial score (nSPS) is 13.3. The van der Waals surface area contributed by atoms with Crippen LogP contribution in [0.15, 0.2) is 30.3 Å². The Morgan fingerprint density at radius 1 is 1.13 bits per heavy atom. The summed E-state index contributed by atoms with van der Waals surface area (Å²) in [6.07, 6.45) is 0.0670. The van der Waals surface area contributed by atoms with Crippen LogP contribution in [0.25, 0.3) is 11.1 Å². The van der Waals surface area contributed by atoms with Crippen molar-refractivity contribution in [3.05, 3.63) is 47.0 Å². The van der Waals surface area contributed by atoms with Gasteiger partial charge in [-0.05, 0) is 45.4 Å². The molecule has 3 rings (SSSR count). The van der Waals surface area contributed by atoms with Crippen molar-refractivity contribution in [1.29, 1.82) is 0 Å². The maximum Gasteiger partial charge on any atom is 0.308 e.